The summed E-state index contributed by atoms with van der Waals surface area (Å²) in [5.74, 6) is 0. The van der Waals surface area contributed by atoms with Crippen molar-refractivity contribution in [1.82, 2.24) is 0 Å². The van der Waals surface area contributed by atoms with Crippen LogP contribution in [0.2, 0.25) is 5.02 Å². The molecule has 0 saturated carbocycles. The number of halogens is 1. The molecule has 1 unspecified atom stereocenters. The van der Waals surface area contributed by atoms with Gasteiger partial charge in [-0.1, -0.05) is 43.1 Å². The first-order valence-electron chi connectivity index (χ1n) is 7.50. The molecule has 0 radical (unpaired) electrons. The van der Waals surface area contributed by atoms with Crippen LogP contribution < -0.4 is 0 Å². The molecule has 0 aromatic heterocycles. The summed E-state index contributed by atoms with van der Waals surface area (Å²) in [6, 6.07) is 7.71. The van der Waals surface area contributed by atoms with Crippen LogP contribution >= 0.6 is 11.6 Å². The Morgan fingerprint density at radius 2 is 2.00 bits per heavy atom. The van der Waals surface area contributed by atoms with Gasteiger partial charge in [0.05, 0.1) is 12.7 Å². The van der Waals surface area contributed by atoms with E-state index in [1.165, 1.54) is 0 Å². The van der Waals surface area contributed by atoms with Crippen LogP contribution in [0.4, 0.5) is 0 Å². The van der Waals surface area contributed by atoms with Gasteiger partial charge in [0.25, 0.3) is 0 Å². The van der Waals surface area contributed by atoms with E-state index < -0.39 is 0 Å². The lowest BCUT2D eigenvalue weighted by Crippen LogP contribution is -2.35. The van der Waals surface area contributed by atoms with Gasteiger partial charge in [-0.05, 0) is 25.0 Å². The van der Waals surface area contributed by atoms with Crippen LogP contribution in [0.5, 0.6) is 0 Å². The number of benzene rings is 1. The number of fused-ring (bicyclic) bond motifs is 1. The second-order valence-electron chi connectivity index (χ2n) is 5.50. The summed E-state index contributed by atoms with van der Waals surface area (Å²) >= 11 is 6.17. The SMILES string of the molecule is CCC[C@H]1O[C@@H]2OC(C)O[C@@H]2[C@H]1OCc1ccccc1Cl. The van der Waals surface area contributed by atoms with Crippen molar-refractivity contribution in [2.24, 2.45) is 0 Å². The zero-order valence-corrected chi connectivity index (χ0v) is 13.1. The van der Waals surface area contributed by atoms with Gasteiger partial charge in [0.1, 0.15) is 12.2 Å². The van der Waals surface area contributed by atoms with Gasteiger partial charge in [-0.3, -0.25) is 0 Å². The van der Waals surface area contributed by atoms with E-state index in [9.17, 15) is 0 Å². The Balaban J connectivity index is 1.67. The van der Waals surface area contributed by atoms with Crippen molar-refractivity contribution in [3.8, 4) is 0 Å². The molecule has 0 bridgehead atoms. The van der Waals surface area contributed by atoms with Gasteiger partial charge in [0.2, 0.25) is 0 Å². The van der Waals surface area contributed by atoms with E-state index in [1.54, 1.807) is 0 Å². The van der Waals surface area contributed by atoms with Crippen molar-refractivity contribution in [3.05, 3.63) is 34.9 Å². The van der Waals surface area contributed by atoms with E-state index >= 15 is 0 Å². The molecular formula is C16H21ClO4. The molecule has 3 rings (SSSR count). The number of hydrogen-bond acceptors (Lipinski definition) is 4. The van der Waals surface area contributed by atoms with Crippen molar-refractivity contribution in [2.45, 2.75) is 64.2 Å². The van der Waals surface area contributed by atoms with Crippen LogP contribution in [0.25, 0.3) is 0 Å². The van der Waals surface area contributed by atoms with Crippen molar-refractivity contribution < 1.29 is 18.9 Å². The Morgan fingerprint density at radius 1 is 1.19 bits per heavy atom. The Bertz CT molecular complexity index is 481. The number of hydrogen-bond donors (Lipinski definition) is 0. The summed E-state index contributed by atoms with van der Waals surface area (Å²) < 4.78 is 23.4. The van der Waals surface area contributed by atoms with Crippen LogP contribution in [-0.2, 0) is 25.6 Å². The molecule has 21 heavy (non-hydrogen) atoms. The molecule has 1 aromatic carbocycles. The molecule has 2 fully saturated rings. The third-order valence-electron chi connectivity index (χ3n) is 3.90. The van der Waals surface area contributed by atoms with Gasteiger partial charge in [-0.25, -0.2) is 0 Å². The van der Waals surface area contributed by atoms with E-state index in [-0.39, 0.29) is 30.9 Å². The minimum Gasteiger partial charge on any atom is -0.368 e. The standard InChI is InChI=1S/C16H21ClO4/c1-3-6-13-14(15-16(21-13)20-10(2)19-15)18-9-11-7-4-5-8-12(11)17/h4-5,7-8,10,13-16H,3,6,9H2,1-2H3/t10?,13-,14+,15-,16+/m1/s1. The summed E-state index contributed by atoms with van der Waals surface area (Å²) in [6.07, 6.45) is 1.16. The largest absolute Gasteiger partial charge is 0.368 e. The average Bonchev–Trinajstić information content (AvgIpc) is 2.95. The second kappa shape index (κ2) is 6.63. The Kier molecular flexibility index (Phi) is 4.82. The van der Waals surface area contributed by atoms with Gasteiger partial charge in [0.15, 0.2) is 12.6 Å². The quantitative estimate of drug-likeness (QED) is 0.833. The van der Waals surface area contributed by atoms with Crippen LogP contribution in [0, 0.1) is 0 Å². The molecule has 0 aliphatic carbocycles. The first-order valence-corrected chi connectivity index (χ1v) is 7.88. The fourth-order valence-corrected chi connectivity index (χ4v) is 3.10. The highest BCUT2D eigenvalue weighted by atomic mass is 35.5. The molecule has 5 atom stereocenters. The zero-order valence-electron chi connectivity index (χ0n) is 12.3. The molecule has 2 aliphatic rings. The molecule has 2 heterocycles. The lowest BCUT2D eigenvalue weighted by atomic mass is 10.1. The smallest absolute Gasteiger partial charge is 0.189 e. The average molecular weight is 313 g/mol. The van der Waals surface area contributed by atoms with Crippen molar-refractivity contribution >= 4 is 11.6 Å². The summed E-state index contributed by atoms with van der Waals surface area (Å²) in [7, 11) is 0. The molecule has 0 N–H and O–H groups in total. The molecule has 5 heteroatoms. The first-order chi connectivity index (χ1) is 10.2. The molecule has 2 aliphatic heterocycles. The fourth-order valence-electron chi connectivity index (χ4n) is 2.91. The predicted molar refractivity (Wildman–Crippen MR) is 79.0 cm³/mol. The topological polar surface area (TPSA) is 36.9 Å². The highest BCUT2D eigenvalue weighted by Gasteiger charge is 2.51. The Hall–Kier alpha value is -0.650. The first kappa shape index (κ1) is 15.3. The minimum atomic E-state index is -0.312. The van der Waals surface area contributed by atoms with Crippen molar-refractivity contribution in [3.63, 3.8) is 0 Å². The maximum absolute atomic E-state index is 6.17. The summed E-state index contributed by atoms with van der Waals surface area (Å²) in [4.78, 5) is 0. The molecule has 0 spiro atoms. The van der Waals surface area contributed by atoms with E-state index in [4.69, 9.17) is 30.5 Å². The number of ether oxygens (including phenoxy) is 4. The molecular weight excluding hydrogens is 292 g/mol. The number of rotatable bonds is 5. The highest BCUT2D eigenvalue weighted by Crippen LogP contribution is 2.36. The Labute approximate surface area is 130 Å². The monoisotopic (exact) mass is 312 g/mol. The lowest BCUT2D eigenvalue weighted by molar-refractivity contribution is -0.168. The van der Waals surface area contributed by atoms with Crippen LogP contribution in [0.3, 0.4) is 0 Å². The summed E-state index contributed by atoms with van der Waals surface area (Å²) in [6.45, 7) is 4.46. The van der Waals surface area contributed by atoms with E-state index in [0.29, 0.717) is 6.61 Å². The third-order valence-corrected chi connectivity index (χ3v) is 4.27. The van der Waals surface area contributed by atoms with E-state index in [1.807, 2.05) is 31.2 Å². The van der Waals surface area contributed by atoms with E-state index in [0.717, 1.165) is 23.4 Å². The summed E-state index contributed by atoms with van der Waals surface area (Å²) in [5, 5.41) is 0.719. The highest BCUT2D eigenvalue weighted by molar-refractivity contribution is 6.31. The minimum absolute atomic E-state index is 0.0139. The van der Waals surface area contributed by atoms with Gasteiger partial charge in [-0.2, -0.15) is 0 Å². The van der Waals surface area contributed by atoms with Gasteiger partial charge in [0, 0.05) is 5.02 Å². The molecule has 116 valence electrons. The van der Waals surface area contributed by atoms with Crippen LogP contribution in [0.15, 0.2) is 24.3 Å². The maximum Gasteiger partial charge on any atom is 0.189 e. The van der Waals surface area contributed by atoms with Crippen molar-refractivity contribution in [1.29, 1.82) is 0 Å². The third kappa shape index (κ3) is 3.25. The van der Waals surface area contributed by atoms with Crippen LogP contribution in [0.1, 0.15) is 32.3 Å². The van der Waals surface area contributed by atoms with Gasteiger partial charge >= 0.3 is 0 Å². The van der Waals surface area contributed by atoms with Crippen LogP contribution in [-0.4, -0.2) is 30.9 Å². The van der Waals surface area contributed by atoms with Gasteiger partial charge in [-0.15, -0.1) is 0 Å². The molecule has 1 aromatic rings. The molecule has 2 saturated heterocycles. The maximum atomic E-state index is 6.17. The molecule has 4 nitrogen and oxygen atoms in total. The molecule has 0 amide bonds. The fraction of sp³-hybridized carbons (Fsp3) is 0.625. The second-order valence-corrected chi connectivity index (χ2v) is 5.91. The van der Waals surface area contributed by atoms with Gasteiger partial charge < -0.3 is 18.9 Å². The Morgan fingerprint density at radius 3 is 2.76 bits per heavy atom. The summed E-state index contributed by atoms with van der Waals surface area (Å²) in [5.41, 5.74) is 0.977. The zero-order chi connectivity index (χ0) is 14.8. The predicted octanol–water partition coefficient (Wildman–Crippen LogP) is 3.51. The van der Waals surface area contributed by atoms with Crippen molar-refractivity contribution in [2.75, 3.05) is 0 Å². The lowest BCUT2D eigenvalue weighted by Gasteiger charge is -2.22. The normalized spacial score (nSPS) is 35.1. The van der Waals surface area contributed by atoms with E-state index in [2.05, 4.69) is 6.92 Å².